The van der Waals surface area contributed by atoms with Crippen LogP contribution in [0.1, 0.15) is 24.8 Å². The summed E-state index contributed by atoms with van der Waals surface area (Å²) in [4.78, 5) is 41.1. The van der Waals surface area contributed by atoms with Gasteiger partial charge < -0.3 is 25.4 Å². The first-order valence-corrected chi connectivity index (χ1v) is 12.5. The van der Waals surface area contributed by atoms with Gasteiger partial charge in [0.2, 0.25) is 11.8 Å². The lowest BCUT2D eigenvalue weighted by Crippen LogP contribution is -2.49. The number of thioether (sulfide) groups is 1. The van der Waals surface area contributed by atoms with E-state index in [1.165, 1.54) is 7.11 Å². The second kappa shape index (κ2) is 15.8. The molecular weight excluding hydrogens is 480 g/mol. The quantitative estimate of drug-likeness (QED) is 0.377. The zero-order valence-electron chi connectivity index (χ0n) is 20.2. The van der Waals surface area contributed by atoms with E-state index in [9.17, 15) is 14.4 Å². The van der Waals surface area contributed by atoms with Gasteiger partial charge in [0.25, 0.3) is 0 Å². The first-order chi connectivity index (χ1) is 15.9. The van der Waals surface area contributed by atoms with Crippen LogP contribution >= 0.6 is 24.2 Å². The molecule has 1 saturated heterocycles. The van der Waals surface area contributed by atoms with Gasteiger partial charge in [-0.2, -0.15) is 11.8 Å². The van der Waals surface area contributed by atoms with Gasteiger partial charge in [0.1, 0.15) is 11.8 Å². The summed E-state index contributed by atoms with van der Waals surface area (Å²) in [5.74, 6) is 0.675. The van der Waals surface area contributed by atoms with Crippen LogP contribution in [0.2, 0.25) is 0 Å². The molecule has 1 aromatic carbocycles. The molecule has 9 nitrogen and oxygen atoms in total. The highest BCUT2D eigenvalue weighted by molar-refractivity contribution is 7.98. The topological polar surface area (TPSA) is 114 Å². The fraction of sp³-hybridized carbons (Fsp3) is 0.609. The molecule has 3 N–H and O–H groups in total. The summed E-state index contributed by atoms with van der Waals surface area (Å²) in [7, 11) is 2.93. The normalized spacial score (nSPS) is 16.0. The molecule has 0 saturated carbocycles. The predicted molar refractivity (Wildman–Crippen MR) is 136 cm³/mol. The minimum Gasteiger partial charge on any atom is -0.497 e. The minimum atomic E-state index is -0.685. The SMILES string of the molecule is COC(=O)[C@H](CCSC)NC(=O)CN(Cc1cccc(OC)c1)C[C@@H]1CCCN1C(=O)CN.Cl. The third-order valence-electron chi connectivity index (χ3n) is 5.68. The third-order valence-corrected chi connectivity index (χ3v) is 6.32. The van der Waals surface area contributed by atoms with Crippen LogP contribution in [0.15, 0.2) is 24.3 Å². The number of methoxy groups -OCH3 is 2. The van der Waals surface area contributed by atoms with Crippen LogP contribution in [0.3, 0.4) is 0 Å². The molecule has 1 fully saturated rings. The van der Waals surface area contributed by atoms with Crippen molar-refractivity contribution in [3.05, 3.63) is 29.8 Å². The highest BCUT2D eigenvalue weighted by atomic mass is 35.5. The summed E-state index contributed by atoms with van der Waals surface area (Å²) in [5, 5.41) is 2.82. The van der Waals surface area contributed by atoms with Gasteiger partial charge in [-0.25, -0.2) is 4.79 Å². The average Bonchev–Trinajstić information content (AvgIpc) is 3.28. The van der Waals surface area contributed by atoms with Crippen LogP contribution in [0.4, 0.5) is 0 Å². The number of amides is 2. The molecule has 2 rings (SSSR count). The maximum Gasteiger partial charge on any atom is 0.328 e. The molecule has 1 aromatic rings. The number of esters is 1. The second-order valence-electron chi connectivity index (χ2n) is 8.03. The van der Waals surface area contributed by atoms with E-state index in [4.69, 9.17) is 15.2 Å². The van der Waals surface area contributed by atoms with Gasteiger partial charge in [0.05, 0.1) is 27.3 Å². The number of nitrogens with two attached hydrogens (primary N) is 1. The average molecular weight is 517 g/mol. The Morgan fingerprint density at radius 1 is 1.32 bits per heavy atom. The number of rotatable bonds is 13. The second-order valence-corrected chi connectivity index (χ2v) is 9.02. The first kappa shape index (κ1) is 30.0. The van der Waals surface area contributed by atoms with E-state index in [1.54, 1.807) is 18.9 Å². The van der Waals surface area contributed by atoms with E-state index in [2.05, 4.69) is 5.32 Å². The van der Waals surface area contributed by atoms with Crippen molar-refractivity contribution < 1.29 is 23.9 Å². The standard InChI is InChI=1S/C23H36N4O5S.ClH/c1-31-19-8-4-6-17(12-19)14-26(15-18-7-5-10-27(18)22(29)13-24)16-21(28)25-20(9-11-33-3)23(30)32-2;/h4,6,8,12,18,20H,5,7,9-11,13-16,24H2,1-3H3,(H,25,28);1H/t18-,20-;/m0./s1. The number of carbonyl (C=O) groups is 3. The summed E-state index contributed by atoms with van der Waals surface area (Å²) in [6.07, 6.45) is 4.22. The third kappa shape index (κ3) is 9.32. The first-order valence-electron chi connectivity index (χ1n) is 11.1. The van der Waals surface area contributed by atoms with Crippen molar-refractivity contribution in [3.63, 3.8) is 0 Å². The number of benzene rings is 1. The van der Waals surface area contributed by atoms with Gasteiger partial charge >= 0.3 is 5.97 Å². The summed E-state index contributed by atoms with van der Waals surface area (Å²) in [6, 6.07) is 6.98. The van der Waals surface area contributed by atoms with Gasteiger partial charge in [-0.15, -0.1) is 12.4 Å². The Hall–Kier alpha value is -2.01. The Labute approximate surface area is 212 Å². The van der Waals surface area contributed by atoms with Crippen LogP contribution in [0.5, 0.6) is 5.75 Å². The van der Waals surface area contributed by atoms with E-state index in [0.717, 1.165) is 29.9 Å². The lowest BCUT2D eigenvalue weighted by Gasteiger charge is -2.31. The number of hydrogen-bond acceptors (Lipinski definition) is 8. The van der Waals surface area contributed by atoms with Crippen molar-refractivity contribution in [3.8, 4) is 5.75 Å². The van der Waals surface area contributed by atoms with Crippen LogP contribution < -0.4 is 15.8 Å². The van der Waals surface area contributed by atoms with Gasteiger partial charge in [-0.1, -0.05) is 12.1 Å². The molecule has 1 aliphatic heterocycles. The van der Waals surface area contributed by atoms with E-state index in [-0.39, 0.29) is 43.4 Å². The maximum atomic E-state index is 12.9. The number of likely N-dealkylation sites (tertiary alicyclic amines) is 1. The molecule has 0 aromatic heterocycles. The molecular formula is C23H37ClN4O5S. The molecule has 34 heavy (non-hydrogen) atoms. The number of carbonyl (C=O) groups excluding carboxylic acids is 3. The van der Waals surface area contributed by atoms with Crippen molar-refractivity contribution in [2.24, 2.45) is 5.73 Å². The fourth-order valence-electron chi connectivity index (χ4n) is 4.05. The monoisotopic (exact) mass is 516 g/mol. The number of nitrogens with zero attached hydrogens (tertiary/aromatic N) is 2. The molecule has 0 aliphatic carbocycles. The molecule has 0 bridgehead atoms. The Morgan fingerprint density at radius 2 is 2.09 bits per heavy atom. The molecule has 2 atom stereocenters. The predicted octanol–water partition coefficient (Wildman–Crippen LogP) is 1.28. The number of halogens is 1. The van der Waals surface area contributed by atoms with Crippen molar-refractivity contribution in [2.45, 2.75) is 37.9 Å². The van der Waals surface area contributed by atoms with Crippen molar-refractivity contribution >= 4 is 42.0 Å². The summed E-state index contributed by atoms with van der Waals surface area (Å²) >= 11 is 1.60. The highest BCUT2D eigenvalue weighted by Crippen LogP contribution is 2.20. The van der Waals surface area contributed by atoms with Crippen molar-refractivity contribution in [2.75, 3.05) is 52.4 Å². The zero-order chi connectivity index (χ0) is 24.2. The maximum absolute atomic E-state index is 12.9. The summed E-state index contributed by atoms with van der Waals surface area (Å²) in [5.41, 5.74) is 6.58. The molecule has 1 heterocycles. The smallest absolute Gasteiger partial charge is 0.328 e. The fourth-order valence-corrected chi connectivity index (χ4v) is 4.52. The molecule has 2 amide bonds. The largest absolute Gasteiger partial charge is 0.497 e. The van der Waals surface area contributed by atoms with E-state index in [1.807, 2.05) is 40.3 Å². The van der Waals surface area contributed by atoms with E-state index < -0.39 is 12.0 Å². The van der Waals surface area contributed by atoms with Crippen molar-refractivity contribution in [1.29, 1.82) is 0 Å². The number of hydrogen-bond donors (Lipinski definition) is 2. The summed E-state index contributed by atoms with van der Waals surface area (Å²) < 4.78 is 10.2. The minimum absolute atomic E-state index is 0. The van der Waals surface area contributed by atoms with Gasteiger partial charge in [-0.3, -0.25) is 14.5 Å². The van der Waals surface area contributed by atoms with Gasteiger partial charge in [-0.05, 0) is 49.0 Å². The van der Waals surface area contributed by atoms with Crippen LogP contribution in [-0.2, 0) is 25.7 Å². The zero-order valence-corrected chi connectivity index (χ0v) is 21.8. The molecule has 11 heteroatoms. The van der Waals surface area contributed by atoms with E-state index >= 15 is 0 Å². The van der Waals surface area contributed by atoms with Crippen LogP contribution in [0.25, 0.3) is 0 Å². The Kier molecular flexibility index (Phi) is 14.0. The molecule has 0 spiro atoms. The van der Waals surface area contributed by atoms with Crippen LogP contribution in [-0.4, -0.2) is 92.1 Å². The van der Waals surface area contributed by atoms with Crippen molar-refractivity contribution in [1.82, 2.24) is 15.1 Å². The molecule has 0 unspecified atom stereocenters. The van der Waals surface area contributed by atoms with Gasteiger partial charge in [0.15, 0.2) is 0 Å². The van der Waals surface area contributed by atoms with Gasteiger partial charge in [0, 0.05) is 25.7 Å². The molecule has 192 valence electrons. The Balaban J connectivity index is 0.00000578. The van der Waals surface area contributed by atoms with E-state index in [0.29, 0.717) is 26.1 Å². The Bertz CT molecular complexity index is 800. The Morgan fingerprint density at radius 3 is 2.74 bits per heavy atom. The van der Waals surface area contributed by atoms with Crippen LogP contribution in [0, 0.1) is 0 Å². The molecule has 1 aliphatic rings. The lowest BCUT2D eigenvalue weighted by molar-refractivity contribution is -0.145. The number of nitrogens with one attached hydrogen (secondary N) is 1. The summed E-state index contributed by atoms with van der Waals surface area (Å²) in [6.45, 7) is 1.77. The molecule has 0 radical (unpaired) electrons. The highest BCUT2D eigenvalue weighted by Gasteiger charge is 2.30. The lowest BCUT2D eigenvalue weighted by atomic mass is 10.1. The number of ether oxygens (including phenoxy) is 2.